The van der Waals surface area contributed by atoms with Gasteiger partial charge in [0.15, 0.2) is 26.5 Å². The molecule has 14 heteroatoms. The molecule has 4 N–H and O–H groups in total. The summed E-state index contributed by atoms with van der Waals surface area (Å²) in [5.74, 6) is -0.397. The number of rotatable bonds is 4. The topological polar surface area (TPSA) is 151 Å². The number of fused-ring (bicyclic) bond motifs is 2. The van der Waals surface area contributed by atoms with Crippen LogP contribution in [0.3, 0.4) is 0 Å². The molecule has 1 saturated heterocycles. The van der Waals surface area contributed by atoms with Crippen molar-refractivity contribution in [1.29, 1.82) is 0 Å². The van der Waals surface area contributed by atoms with Crippen LogP contribution in [0.1, 0.15) is 35.8 Å². The van der Waals surface area contributed by atoms with E-state index in [4.69, 9.17) is 28.9 Å². The van der Waals surface area contributed by atoms with Gasteiger partial charge in [0, 0.05) is 31.0 Å². The van der Waals surface area contributed by atoms with Gasteiger partial charge in [-0.15, -0.1) is 5.10 Å². The van der Waals surface area contributed by atoms with Crippen LogP contribution in [0.15, 0.2) is 24.5 Å². The molecular formula is C21H22Cl2N8O3S. The van der Waals surface area contributed by atoms with E-state index in [9.17, 15) is 13.2 Å². The average Bonchev–Trinajstić information content (AvgIpc) is 3.35. The predicted molar refractivity (Wildman–Crippen MR) is 135 cm³/mol. The zero-order valence-electron chi connectivity index (χ0n) is 18.8. The molecule has 4 aromatic rings. The van der Waals surface area contributed by atoms with Gasteiger partial charge in [-0.25, -0.2) is 17.9 Å². The molecule has 2 atom stereocenters. The fourth-order valence-corrected chi connectivity index (χ4v) is 6.30. The lowest BCUT2D eigenvalue weighted by Crippen LogP contribution is -2.46. The van der Waals surface area contributed by atoms with E-state index in [1.807, 2.05) is 4.90 Å². The number of H-pyrrole nitrogens is 1. The second-order valence-electron chi connectivity index (χ2n) is 8.53. The van der Waals surface area contributed by atoms with Gasteiger partial charge in [0.1, 0.15) is 5.56 Å². The molecule has 1 aromatic carbocycles. The van der Waals surface area contributed by atoms with Crippen LogP contribution in [-0.4, -0.2) is 63.2 Å². The Kier molecular flexibility index (Phi) is 5.77. The number of carbonyl (C=O) groups is 1. The van der Waals surface area contributed by atoms with Crippen molar-refractivity contribution in [2.75, 3.05) is 29.5 Å². The maximum atomic E-state index is 13.3. The number of hydrogen-bond acceptors (Lipinski definition) is 8. The van der Waals surface area contributed by atoms with Gasteiger partial charge in [-0.1, -0.05) is 23.2 Å². The fourth-order valence-electron chi connectivity index (χ4n) is 4.43. The molecule has 0 aliphatic carbocycles. The molecular weight excluding hydrogens is 515 g/mol. The van der Waals surface area contributed by atoms with Gasteiger partial charge in [-0.05, 0) is 26.0 Å². The molecule has 4 heterocycles. The third-order valence-electron chi connectivity index (χ3n) is 6.27. The van der Waals surface area contributed by atoms with E-state index < -0.39 is 27.0 Å². The first-order valence-electron chi connectivity index (χ1n) is 10.8. The highest BCUT2D eigenvalue weighted by Crippen LogP contribution is 2.41. The highest BCUT2D eigenvalue weighted by molar-refractivity contribution is 7.92. The normalized spacial score (nSPS) is 18.7. The molecule has 1 aliphatic heterocycles. The number of nitrogens with two attached hydrogens (primary N) is 1. The van der Waals surface area contributed by atoms with Crippen molar-refractivity contribution in [3.63, 3.8) is 0 Å². The fraction of sp³-hybridized carbons (Fsp3) is 0.333. The molecule has 184 valence electrons. The Morgan fingerprint density at radius 2 is 2.14 bits per heavy atom. The Hall–Kier alpha value is -3.09. The van der Waals surface area contributed by atoms with Crippen molar-refractivity contribution >= 4 is 67.0 Å². The Bertz CT molecular complexity index is 1580. The summed E-state index contributed by atoms with van der Waals surface area (Å²) in [6.45, 7) is 4.03. The number of sulfone groups is 1. The standard InChI is InChI=1S/C21H22Cl2N8O3S/c1-10-9-30(6-7-35(10,33)34)17-12(8-13(22)14-16(17)27-28-18(14)23)11(2)26-21(32)15-19(24)29-31-5-3-4-25-20(15)31/h3-5,8,10-11H,6-7,9H2,1-2H3,(H2,24,29)(H,26,32)(H,27,28). The molecule has 5 rings (SSSR count). The number of aromatic amines is 1. The molecule has 0 spiro atoms. The summed E-state index contributed by atoms with van der Waals surface area (Å²) in [5.41, 5.74) is 8.43. The van der Waals surface area contributed by atoms with Gasteiger partial charge in [-0.3, -0.25) is 9.89 Å². The van der Waals surface area contributed by atoms with E-state index in [2.05, 4.69) is 25.6 Å². The molecule has 1 aliphatic rings. The summed E-state index contributed by atoms with van der Waals surface area (Å²) in [4.78, 5) is 19.4. The molecule has 0 saturated carbocycles. The molecule has 1 amide bonds. The maximum Gasteiger partial charge on any atom is 0.259 e. The third kappa shape index (κ3) is 3.95. The van der Waals surface area contributed by atoms with Crippen LogP contribution in [0.4, 0.5) is 11.5 Å². The summed E-state index contributed by atoms with van der Waals surface area (Å²) in [6, 6.07) is 2.85. The molecule has 2 unspecified atom stereocenters. The number of benzene rings is 1. The van der Waals surface area contributed by atoms with Crippen molar-refractivity contribution in [1.82, 2.24) is 30.1 Å². The number of hydrogen-bond donors (Lipinski definition) is 3. The molecule has 3 aromatic heterocycles. The third-order valence-corrected chi connectivity index (χ3v) is 8.97. The van der Waals surface area contributed by atoms with Crippen molar-refractivity contribution in [2.24, 2.45) is 0 Å². The number of nitrogens with zero attached hydrogens (tertiary/aromatic N) is 5. The number of carbonyl (C=O) groups excluding carboxylic acids is 1. The van der Waals surface area contributed by atoms with Crippen LogP contribution in [0.2, 0.25) is 10.2 Å². The predicted octanol–water partition coefficient (Wildman–Crippen LogP) is 2.61. The van der Waals surface area contributed by atoms with Gasteiger partial charge in [0.25, 0.3) is 5.91 Å². The van der Waals surface area contributed by atoms with E-state index in [1.165, 1.54) is 4.52 Å². The second-order valence-corrected chi connectivity index (χ2v) is 11.8. The number of nitrogen functional groups attached to an aromatic ring is 1. The molecule has 11 nitrogen and oxygen atoms in total. The van der Waals surface area contributed by atoms with E-state index in [0.29, 0.717) is 32.8 Å². The Morgan fingerprint density at radius 1 is 1.37 bits per heavy atom. The van der Waals surface area contributed by atoms with Gasteiger partial charge in [0.2, 0.25) is 0 Å². The van der Waals surface area contributed by atoms with Crippen molar-refractivity contribution in [2.45, 2.75) is 25.1 Å². The maximum absolute atomic E-state index is 13.3. The first-order chi connectivity index (χ1) is 16.6. The highest BCUT2D eigenvalue weighted by atomic mass is 35.5. The summed E-state index contributed by atoms with van der Waals surface area (Å²) in [7, 11) is -3.19. The largest absolute Gasteiger partial charge is 0.381 e. The van der Waals surface area contributed by atoms with E-state index in [0.717, 1.165) is 0 Å². The van der Waals surface area contributed by atoms with Crippen LogP contribution in [-0.2, 0) is 9.84 Å². The lowest BCUT2D eigenvalue weighted by atomic mass is 10.0. The Balaban J connectivity index is 1.57. The summed E-state index contributed by atoms with van der Waals surface area (Å²) >= 11 is 12.8. The minimum atomic E-state index is -3.19. The van der Waals surface area contributed by atoms with Gasteiger partial charge >= 0.3 is 0 Å². The van der Waals surface area contributed by atoms with Crippen LogP contribution in [0.25, 0.3) is 16.6 Å². The zero-order chi connectivity index (χ0) is 25.1. The lowest BCUT2D eigenvalue weighted by molar-refractivity contribution is 0.0942. The smallest absolute Gasteiger partial charge is 0.259 e. The molecule has 0 bridgehead atoms. The number of amides is 1. The lowest BCUT2D eigenvalue weighted by Gasteiger charge is -2.35. The zero-order valence-corrected chi connectivity index (χ0v) is 21.1. The minimum Gasteiger partial charge on any atom is -0.381 e. The number of halogens is 2. The van der Waals surface area contributed by atoms with E-state index in [-0.39, 0.29) is 35.4 Å². The Morgan fingerprint density at radius 3 is 2.89 bits per heavy atom. The van der Waals surface area contributed by atoms with Crippen LogP contribution >= 0.6 is 23.2 Å². The SMILES string of the molecule is CC(NC(=O)c1c(N)nn2cccnc12)c1cc(Cl)c2c(Cl)n[nH]c2c1N1CCS(=O)(=O)C(C)C1. The minimum absolute atomic E-state index is 0.00490. The monoisotopic (exact) mass is 536 g/mol. The van der Waals surface area contributed by atoms with Gasteiger partial charge in [-0.2, -0.15) is 5.10 Å². The summed E-state index contributed by atoms with van der Waals surface area (Å²) in [6.07, 6.45) is 3.20. The average molecular weight is 537 g/mol. The second kappa shape index (κ2) is 8.54. The quantitative estimate of drug-likeness (QED) is 0.359. The Labute approximate surface area is 210 Å². The molecule has 35 heavy (non-hydrogen) atoms. The molecule has 1 fully saturated rings. The number of aromatic nitrogens is 5. The number of nitrogens with one attached hydrogen (secondary N) is 2. The number of anilines is 2. The van der Waals surface area contributed by atoms with E-state index >= 15 is 0 Å². The highest BCUT2D eigenvalue weighted by Gasteiger charge is 2.33. The van der Waals surface area contributed by atoms with Crippen LogP contribution < -0.4 is 16.0 Å². The van der Waals surface area contributed by atoms with Gasteiger partial charge in [0.05, 0.1) is 38.7 Å². The molecule has 0 radical (unpaired) electrons. The van der Waals surface area contributed by atoms with Gasteiger partial charge < -0.3 is 16.0 Å². The summed E-state index contributed by atoms with van der Waals surface area (Å²) in [5, 5.41) is 14.6. The van der Waals surface area contributed by atoms with Crippen molar-refractivity contribution in [3.8, 4) is 0 Å². The van der Waals surface area contributed by atoms with Crippen LogP contribution in [0.5, 0.6) is 0 Å². The van der Waals surface area contributed by atoms with Crippen molar-refractivity contribution < 1.29 is 13.2 Å². The van der Waals surface area contributed by atoms with Crippen molar-refractivity contribution in [3.05, 3.63) is 45.8 Å². The first-order valence-corrected chi connectivity index (χ1v) is 13.3. The van der Waals surface area contributed by atoms with Crippen LogP contribution in [0, 0.1) is 0 Å². The summed E-state index contributed by atoms with van der Waals surface area (Å²) < 4.78 is 26.1. The van der Waals surface area contributed by atoms with E-state index in [1.54, 1.807) is 38.4 Å². The first kappa shape index (κ1) is 23.6.